The molecule has 2 rings (SSSR count). The molecule has 3 nitrogen and oxygen atoms in total. The fraction of sp³-hybridized carbons (Fsp3) is 0.444. The van der Waals surface area contributed by atoms with Crippen molar-refractivity contribution in [3.05, 3.63) is 51.0 Å². The molecular weight excluding hydrogens is 292 g/mol. The molecule has 4 heteroatoms. The molecule has 1 heterocycles. The van der Waals surface area contributed by atoms with Crippen molar-refractivity contribution in [2.24, 2.45) is 5.92 Å². The molecule has 2 aromatic rings. The number of nitrogens with zero attached hydrogens (tertiary/aromatic N) is 1. The number of carbonyl (C=O) groups excluding carboxylic acids is 1. The highest BCUT2D eigenvalue weighted by Gasteiger charge is 2.18. The minimum atomic E-state index is -0.0296. The molecule has 1 atom stereocenters. The standard InChI is InChI=1S/C18H24N2OS/c1-11(2)10-16-19-14(5)17(22-16)18(21)20-13(4)15-8-6-12(3)7-9-15/h6-9,11,13H,10H2,1-5H3,(H,20,21). The first-order valence-electron chi connectivity index (χ1n) is 7.70. The lowest BCUT2D eigenvalue weighted by atomic mass is 10.1. The minimum Gasteiger partial charge on any atom is -0.345 e. The molecule has 1 amide bonds. The van der Waals surface area contributed by atoms with Gasteiger partial charge in [-0.1, -0.05) is 43.7 Å². The van der Waals surface area contributed by atoms with Gasteiger partial charge in [-0.3, -0.25) is 4.79 Å². The van der Waals surface area contributed by atoms with Gasteiger partial charge in [-0.05, 0) is 32.3 Å². The molecule has 0 radical (unpaired) electrons. The lowest BCUT2D eigenvalue weighted by Crippen LogP contribution is -2.26. The molecule has 0 saturated heterocycles. The largest absolute Gasteiger partial charge is 0.345 e. The molecule has 0 bridgehead atoms. The number of benzene rings is 1. The second-order valence-corrected chi connectivity index (χ2v) is 7.31. The average Bonchev–Trinajstić information content (AvgIpc) is 2.79. The Morgan fingerprint density at radius 2 is 1.82 bits per heavy atom. The molecule has 1 unspecified atom stereocenters. The van der Waals surface area contributed by atoms with Gasteiger partial charge in [0.15, 0.2) is 0 Å². The van der Waals surface area contributed by atoms with E-state index in [9.17, 15) is 4.79 Å². The summed E-state index contributed by atoms with van der Waals surface area (Å²) in [5.74, 6) is 0.519. The van der Waals surface area contributed by atoms with E-state index in [-0.39, 0.29) is 11.9 Å². The highest BCUT2D eigenvalue weighted by atomic mass is 32.1. The second-order valence-electron chi connectivity index (χ2n) is 6.23. The summed E-state index contributed by atoms with van der Waals surface area (Å²) < 4.78 is 0. The number of thiazole rings is 1. The molecule has 0 spiro atoms. The van der Waals surface area contributed by atoms with Crippen molar-refractivity contribution >= 4 is 17.2 Å². The van der Waals surface area contributed by atoms with Crippen molar-refractivity contribution in [3.63, 3.8) is 0 Å². The Morgan fingerprint density at radius 1 is 1.18 bits per heavy atom. The molecule has 1 N–H and O–H groups in total. The maximum absolute atomic E-state index is 12.5. The van der Waals surface area contributed by atoms with Gasteiger partial charge in [0.05, 0.1) is 16.7 Å². The predicted molar refractivity (Wildman–Crippen MR) is 92.5 cm³/mol. The van der Waals surface area contributed by atoms with Crippen molar-refractivity contribution in [2.45, 2.75) is 47.1 Å². The normalized spacial score (nSPS) is 12.5. The van der Waals surface area contributed by atoms with Gasteiger partial charge in [-0.2, -0.15) is 0 Å². The van der Waals surface area contributed by atoms with Crippen LogP contribution in [-0.2, 0) is 6.42 Å². The molecular formula is C18H24N2OS. The topological polar surface area (TPSA) is 42.0 Å². The van der Waals surface area contributed by atoms with Crippen LogP contribution in [0.3, 0.4) is 0 Å². The number of amides is 1. The summed E-state index contributed by atoms with van der Waals surface area (Å²) in [6.07, 6.45) is 0.923. The van der Waals surface area contributed by atoms with Crippen LogP contribution in [-0.4, -0.2) is 10.9 Å². The van der Waals surface area contributed by atoms with E-state index in [0.717, 1.165) is 27.6 Å². The number of aryl methyl sites for hydroxylation is 2. The molecule has 1 aromatic carbocycles. The predicted octanol–water partition coefficient (Wildman–Crippen LogP) is 4.45. The Morgan fingerprint density at radius 3 is 2.41 bits per heavy atom. The molecule has 0 aliphatic rings. The lowest BCUT2D eigenvalue weighted by molar-refractivity contribution is 0.0943. The molecule has 0 aliphatic heterocycles. The van der Waals surface area contributed by atoms with Crippen molar-refractivity contribution in [1.82, 2.24) is 10.3 Å². The molecule has 0 saturated carbocycles. The van der Waals surface area contributed by atoms with Crippen LogP contribution in [0.4, 0.5) is 0 Å². The summed E-state index contributed by atoms with van der Waals surface area (Å²) in [7, 11) is 0. The van der Waals surface area contributed by atoms with E-state index in [1.165, 1.54) is 16.9 Å². The van der Waals surface area contributed by atoms with Crippen LogP contribution in [0.5, 0.6) is 0 Å². The lowest BCUT2D eigenvalue weighted by Gasteiger charge is -2.14. The first kappa shape index (κ1) is 16.7. The van der Waals surface area contributed by atoms with E-state index in [2.05, 4.69) is 55.3 Å². The Kier molecular flexibility index (Phi) is 5.35. The average molecular weight is 316 g/mol. The van der Waals surface area contributed by atoms with E-state index in [4.69, 9.17) is 0 Å². The Labute approximate surface area is 136 Å². The monoisotopic (exact) mass is 316 g/mol. The van der Waals surface area contributed by atoms with Gasteiger partial charge in [0.1, 0.15) is 4.88 Å². The Bertz CT molecular complexity index is 644. The van der Waals surface area contributed by atoms with E-state index < -0.39 is 0 Å². The van der Waals surface area contributed by atoms with Gasteiger partial charge >= 0.3 is 0 Å². The summed E-state index contributed by atoms with van der Waals surface area (Å²) >= 11 is 1.51. The summed E-state index contributed by atoms with van der Waals surface area (Å²) in [5.41, 5.74) is 3.16. The molecule has 22 heavy (non-hydrogen) atoms. The molecule has 0 aliphatic carbocycles. The maximum Gasteiger partial charge on any atom is 0.263 e. The number of hydrogen-bond donors (Lipinski definition) is 1. The minimum absolute atomic E-state index is 0.0110. The number of rotatable bonds is 5. The quantitative estimate of drug-likeness (QED) is 0.885. The fourth-order valence-corrected chi connectivity index (χ4v) is 3.48. The van der Waals surface area contributed by atoms with Crippen LogP contribution in [0.1, 0.15) is 58.3 Å². The van der Waals surface area contributed by atoms with Gasteiger partial charge in [0.25, 0.3) is 5.91 Å². The third kappa shape index (κ3) is 4.17. The van der Waals surface area contributed by atoms with E-state index in [0.29, 0.717) is 5.92 Å². The molecule has 0 fully saturated rings. The summed E-state index contributed by atoms with van der Waals surface area (Å²) in [4.78, 5) is 17.7. The van der Waals surface area contributed by atoms with Gasteiger partial charge in [-0.25, -0.2) is 4.98 Å². The van der Waals surface area contributed by atoms with Crippen LogP contribution >= 0.6 is 11.3 Å². The number of hydrogen-bond acceptors (Lipinski definition) is 3. The summed E-state index contributed by atoms with van der Waals surface area (Å²) in [6, 6.07) is 8.24. The van der Waals surface area contributed by atoms with Gasteiger partial charge in [-0.15, -0.1) is 11.3 Å². The third-order valence-electron chi connectivity index (χ3n) is 3.55. The molecule has 1 aromatic heterocycles. The van der Waals surface area contributed by atoms with Crippen molar-refractivity contribution in [2.75, 3.05) is 0 Å². The zero-order chi connectivity index (χ0) is 16.3. The van der Waals surface area contributed by atoms with Gasteiger partial charge < -0.3 is 5.32 Å². The number of carbonyl (C=O) groups is 1. The number of nitrogens with one attached hydrogen (secondary N) is 1. The van der Waals surface area contributed by atoms with Crippen LogP contribution in [0.15, 0.2) is 24.3 Å². The fourth-order valence-electron chi connectivity index (χ4n) is 2.30. The summed E-state index contributed by atoms with van der Waals surface area (Å²) in [5, 5.41) is 4.11. The van der Waals surface area contributed by atoms with Crippen LogP contribution in [0.25, 0.3) is 0 Å². The van der Waals surface area contributed by atoms with Crippen molar-refractivity contribution < 1.29 is 4.79 Å². The van der Waals surface area contributed by atoms with Crippen LogP contribution in [0, 0.1) is 19.8 Å². The zero-order valence-corrected chi connectivity index (χ0v) is 14.8. The number of aromatic nitrogens is 1. The second kappa shape index (κ2) is 7.05. The smallest absolute Gasteiger partial charge is 0.263 e. The van der Waals surface area contributed by atoms with E-state index in [1.54, 1.807) is 0 Å². The van der Waals surface area contributed by atoms with E-state index in [1.807, 2.05) is 13.8 Å². The Hall–Kier alpha value is -1.68. The first-order chi connectivity index (χ1) is 10.4. The maximum atomic E-state index is 12.5. The van der Waals surface area contributed by atoms with Crippen LogP contribution < -0.4 is 5.32 Å². The highest BCUT2D eigenvalue weighted by molar-refractivity contribution is 7.13. The van der Waals surface area contributed by atoms with E-state index >= 15 is 0 Å². The first-order valence-corrected chi connectivity index (χ1v) is 8.52. The summed E-state index contributed by atoms with van der Waals surface area (Å²) in [6.45, 7) is 10.3. The highest BCUT2D eigenvalue weighted by Crippen LogP contribution is 2.22. The zero-order valence-electron chi connectivity index (χ0n) is 13.9. The van der Waals surface area contributed by atoms with Gasteiger partial charge in [0, 0.05) is 6.42 Å². The Balaban J connectivity index is 2.08. The van der Waals surface area contributed by atoms with Crippen molar-refractivity contribution in [1.29, 1.82) is 0 Å². The van der Waals surface area contributed by atoms with Crippen molar-refractivity contribution in [3.8, 4) is 0 Å². The van der Waals surface area contributed by atoms with Crippen LogP contribution in [0.2, 0.25) is 0 Å². The molecule has 118 valence electrons. The SMILES string of the molecule is Cc1ccc(C(C)NC(=O)c2sc(CC(C)C)nc2C)cc1. The third-order valence-corrected chi connectivity index (χ3v) is 4.73. The van der Waals surface area contributed by atoms with Gasteiger partial charge in [0.2, 0.25) is 0 Å².